The van der Waals surface area contributed by atoms with Crippen LogP contribution in [0.1, 0.15) is 65.7 Å². The molecule has 7 nitrogen and oxygen atoms in total. The Morgan fingerprint density at radius 3 is 2.57 bits per heavy atom. The lowest BCUT2D eigenvalue weighted by Gasteiger charge is -2.39. The molecule has 1 saturated carbocycles. The Morgan fingerprint density at radius 2 is 1.86 bits per heavy atom. The average Bonchev–Trinajstić information content (AvgIpc) is 3.51. The van der Waals surface area contributed by atoms with Crippen LogP contribution in [0.2, 0.25) is 0 Å². The molecule has 5 heterocycles. The van der Waals surface area contributed by atoms with Gasteiger partial charge in [0, 0.05) is 54.1 Å². The maximum Gasteiger partial charge on any atom is 0.225 e. The van der Waals surface area contributed by atoms with Crippen LogP contribution in [-0.2, 0) is 4.79 Å². The minimum atomic E-state index is 0.193. The lowest BCUT2D eigenvalue weighted by molar-refractivity contribution is -0.139. The number of H-pyrrole nitrogens is 1. The molecular weight excluding hydrogens is 456 g/mol. The number of aromatic amines is 1. The number of rotatable bonds is 4. The minimum absolute atomic E-state index is 0.193. The molecule has 0 bridgehead atoms. The highest BCUT2D eigenvalue weighted by Gasteiger charge is 2.40. The Morgan fingerprint density at radius 1 is 1.11 bits per heavy atom. The second-order valence-corrected chi connectivity index (χ2v) is 11.7. The van der Waals surface area contributed by atoms with E-state index in [2.05, 4.69) is 66.1 Å². The SMILES string of the molecule is Cc1c(-c2[nH]c3sc([C@H]4C[C@H](C(=O)N5CCNCC5)C4)c(C)c3c2C(C)C)cn2ncnc2c1C. The molecule has 2 fully saturated rings. The molecule has 0 atom stereocenters. The molecule has 4 aromatic heterocycles. The molecule has 8 heteroatoms. The minimum Gasteiger partial charge on any atom is -0.346 e. The van der Waals surface area contributed by atoms with E-state index in [0.717, 1.165) is 44.7 Å². The van der Waals surface area contributed by atoms with Crippen LogP contribution in [0.3, 0.4) is 0 Å². The van der Waals surface area contributed by atoms with E-state index < -0.39 is 0 Å². The molecule has 1 aliphatic heterocycles. The van der Waals surface area contributed by atoms with Crippen LogP contribution in [0, 0.1) is 26.7 Å². The summed E-state index contributed by atoms with van der Waals surface area (Å²) in [7, 11) is 0. The molecule has 1 amide bonds. The van der Waals surface area contributed by atoms with E-state index in [9.17, 15) is 4.79 Å². The summed E-state index contributed by atoms with van der Waals surface area (Å²) >= 11 is 1.89. The topological polar surface area (TPSA) is 78.3 Å². The summed E-state index contributed by atoms with van der Waals surface area (Å²) in [6.45, 7) is 14.7. The monoisotopic (exact) mass is 490 g/mol. The van der Waals surface area contributed by atoms with Crippen molar-refractivity contribution in [3.05, 3.63) is 39.7 Å². The number of aryl methyl sites for hydroxylation is 2. The maximum atomic E-state index is 12.9. The van der Waals surface area contributed by atoms with Gasteiger partial charge in [-0.25, -0.2) is 9.50 Å². The first-order valence-electron chi connectivity index (χ1n) is 12.8. The number of nitrogens with zero attached hydrogens (tertiary/aromatic N) is 4. The van der Waals surface area contributed by atoms with Crippen LogP contribution in [0.4, 0.5) is 0 Å². The van der Waals surface area contributed by atoms with Crippen LogP contribution >= 0.6 is 11.3 Å². The summed E-state index contributed by atoms with van der Waals surface area (Å²) in [5, 5.41) is 9.13. The van der Waals surface area contributed by atoms with Crippen molar-refractivity contribution in [1.82, 2.24) is 29.8 Å². The molecule has 0 unspecified atom stereocenters. The van der Waals surface area contributed by atoms with Crippen LogP contribution in [0.5, 0.6) is 0 Å². The first kappa shape index (κ1) is 22.7. The Labute approximate surface area is 209 Å². The first-order chi connectivity index (χ1) is 16.8. The van der Waals surface area contributed by atoms with Crippen molar-refractivity contribution in [3.8, 4) is 11.3 Å². The molecule has 4 aromatic rings. The van der Waals surface area contributed by atoms with Crippen molar-refractivity contribution < 1.29 is 4.79 Å². The molecule has 0 aromatic carbocycles. The van der Waals surface area contributed by atoms with Gasteiger partial charge in [-0.3, -0.25) is 4.79 Å². The van der Waals surface area contributed by atoms with Crippen molar-refractivity contribution in [1.29, 1.82) is 0 Å². The van der Waals surface area contributed by atoms with Gasteiger partial charge in [-0.05, 0) is 67.7 Å². The normalized spacial score (nSPS) is 20.8. The Balaban J connectivity index is 1.34. The Hall–Kier alpha value is -2.71. The second-order valence-electron chi connectivity index (χ2n) is 10.6. The number of piperazine rings is 1. The molecule has 1 saturated heterocycles. The van der Waals surface area contributed by atoms with E-state index >= 15 is 0 Å². The molecule has 6 rings (SSSR count). The van der Waals surface area contributed by atoms with Gasteiger partial charge < -0.3 is 15.2 Å². The highest BCUT2D eigenvalue weighted by Crippen LogP contribution is 2.50. The summed E-state index contributed by atoms with van der Waals surface area (Å²) in [5.41, 5.74) is 8.50. The van der Waals surface area contributed by atoms with Gasteiger partial charge in [-0.1, -0.05) is 13.8 Å². The summed E-state index contributed by atoms with van der Waals surface area (Å²) in [6.07, 6.45) is 5.70. The predicted molar refractivity (Wildman–Crippen MR) is 141 cm³/mol. The number of thiophene rings is 1. The highest BCUT2D eigenvalue weighted by atomic mass is 32.1. The predicted octanol–water partition coefficient (Wildman–Crippen LogP) is 4.91. The third kappa shape index (κ3) is 3.52. The zero-order valence-electron chi connectivity index (χ0n) is 21.2. The third-order valence-electron chi connectivity index (χ3n) is 8.22. The standard InChI is InChI=1S/C27H34N6OS/c1-14(2)21-22-17(5)24(18-10-19(11-18)27(34)32-8-6-28-7-9-32)35-26(22)31-23(21)20-12-33-25(29-13-30-33)16(4)15(20)3/h12-14,18-19,28,31H,6-11H2,1-5H3/t18-,19-. The number of pyridine rings is 1. The van der Waals surface area contributed by atoms with Gasteiger partial charge in [-0.15, -0.1) is 11.3 Å². The van der Waals surface area contributed by atoms with Gasteiger partial charge in [0.05, 0.1) is 5.69 Å². The highest BCUT2D eigenvalue weighted by molar-refractivity contribution is 7.19. The van der Waals surface area contributed by atoms with Gasteiger partial charge in [0.25, 0.3) is 0 Å². The van der Waals surface area contributed by atoms with E-state index in [1.807, 2.05) is 15.9 Å². The molecule has 1 aliphatic carbocycles. The van der Waals surface area contributed by atoms with E-state index in [1.54, 1.807) is 6.33 Å². The van der Waals surface area contributed by atoms with Gasteiger partial charge in [-0.2, -0.15) is 5.10 Å². The molecule has 35 heavy (non-hydrogen) atoms. The number of nitrogens with one attached hydrogen (secondary N) is 2. The average molecular weight is 491 g/mol. The van der Waals surface area contributed by atoms with Gasteiger partial charge >= 0.3 is 0 Å². The molecule has 2 N–H and O–H groups in total. The van der Waals surface area contributed by atoms with Crippen molar-refractivity contribution in [3.63, 3.8) is 0 Å². The first-order valence-corrected chi connectivity index (χ1v) is 13.6. The van der Waals surface area contributed by atoms with Gasteiger partial charge in [0.1, 0.15) is 11.2 Å². The van der Waals surface area contributed by atoms with Crippen LogP contribution < -0.4 is 5.32 Å². The lowest BCUT2D eigenvalue weighted by Crippen LogP contribution is -2.50. The number of hydrogen-bond donors (Lipinski definition) is 2. The quantitative estimate of drug-likeness (QED) is 0.426. The zero-order chi connectivity index (χ0) is 24.4. The van der Waals surface area contributed by atoms with Crippen LogP contribution in [0.25, 0.3) is 27.1 Å². The summed E-state index contributed by atoms with van der Waals surface area (Å²) in [6, 6.07) is 0. The van der Waals surface area contributed by atoms with E-state index in [0.29, 0.717) is 17.7 Å². The fourth-order valence-corrected chi connectivity index (χ4v) is 7.41. The summed E-state index contributed by atoms with van der Waals surface area (Å²) in [4.78, 5) is 25.9. The number of carbonyl (C=O) groups excluding carboxylic acids is 1. The van der Waals surface area contributed by atoms with Crippen molar-refractivity contribution in [2.45, 2.75) is 59.3 Å². The molecule has 0 radical (unpaired) electrons. The Bertz CT molecular complexity index is 1430. The molecular formula is C27H34N6OS. The van der Waals surface area contributed by atoms with Gasteiger partial charge in [0.15, 0.2) is 5.65 Å². The Kier molecular flexibility index (Phi) is 5.49. The summed E-state index contributed by atoms with van der Waals surface area (Å²) < 4.78 is 1.89. The zero-order valence-corrected chi connectivity index (χ0v) is 22.1. The lowest BCUT2D eigenvalue weighted by atomic mass is 9.72. The second kappa shape index (κ2) is 8.45. The largest absolute Gasteiger partial charge is 0.346 e. The maximum absolute atomic E-state index is 12.9. The molecule has 184 valence electrons. The molecule has 0 spiro atoms. The number of amides is 1. The third-order valence-corrected chi connectivity index (χ3v) is 9.59. The number of hydrogen-bond acceptors (Lipinski definition) is 5. The molecule has 2 aliphatic rings. The smallest absolute Gasteiger partial charge is 0.225 e. The van der Waals surface area contributed by atoms with Crippen molar-refractivity contribution in [2.75, 3.05) is 26.2 Å². The van der Waals surface area contributed by atoms with E-state index in [-0.39, 0.29) is 5.92 Å². The van der Waals surface area contributed by atoms with Crippen LogP contribution in [-0.4, -0.2) is 56.6 Å². The van der Waals surface area contributed by atoms with Crippen LogP contribution in [0.15, 0.2) is 12.5 Å². The van der Waals surface area contributed by atoms with E-state index in [4.69, 9.17) is 0 Å². The fourth-order valence-electron chi connectivity index (χ4n) is 6.06. The van der Waals surface area contributed by atoms with E-state index in [1.165, 1.54) is 48.6 Å². The van der Waals surface area contributed by atoms with Crippen molar-refractivity contribution >= 4 is 33.1 Å². The van der Waals surface area contributed by atoms with Gasteiger partial charge in [0.2, 0.25) is 5.91 Å². The number of carbonyl (C=O) groups is 1. The fraction of sp³-hybridized carbons (Fsp3) is 0.519. The number of aromatic nitrogens is 4. The number of fused-ring (bicyclic) bond motifs is 2. The van der Waals surface area contributed by atoms with Crippen molar-refractivity contribution in [2.24, 2.45) is 5.92 Å². The summed E-state index contributed by atoms with van der Waals surface area (Å²) in [5.74, 6) is 1.44.